The summed E-state index contributed by atoms with van der Waals surface area (Å²) in [7, 11) is 0. The van der Waals surface area contributed by atoms with Crippen molar-refractivity contribution in [2.45, 2.75) is 43.9 Å². The normalized spacial score (nSPS) is 16.2. The van der Waals surface area contributed by atoms with Crippen molar-refractivity contribution < 1.29 is 0 Å². The van der Waals surface area contributed by atoms with Crippen molar-refractivity contribution in [1.82, 2.24) is 24.1 Å². The van der Waals surface area contributed by atoms with Crippen molar-refractivity contribution in [3.05, 3.63) is 257 Å². The Labute approximate surface area is 413 Å². The van der Waals surface area contributed by atoms with Crippen molar-refractivity contribution in [2.75, 3.05) is 0 Å². The van der Waals surface area contributed by atoms with Crippen LogP contribution in [0.15, 0.2) is 212 Å². The molecule has 3 heterocycles. The van der Waals surface area contributed by atoms with E-state index in [0.29, 0.717) is 23.4 Å². The molecular weight excluding hydrogens is 863 g/mol. The smallest absolute Gasteiger partial charge is 0.164 e. The molecule has 2 unspecified atom stereocenters. The van der Waals surface area contributed by atoms with Crippen LogP contribution in [0.25, 0.3) is 90.6 Å². The Kier molecular flexibility index (Phi) is 9.44. The first-order chi connectivity index (χ1) is 34.9. The number of hydrogen-bond donors (Lipinski definition) is 0. The molecule has 71 heavy (non-hydrogen) atoms. The molecule has 0 amide bonds. The third kappa shape index (κ3) is 6.71. The lowest BCUT2D eigenvalue weighted by Gasteiger charge is -2.22. The van der Waals surface area contributed by atoms with Gasteiger partial charge in [-0.05, 0) is 118 Å². The fraction of sp³-hybridized carbons (Fsp3) is 0.106. The Bertz CT molecular complexity index is 3890. The molecule has 11 aromatic rings. The molecule has 5 nitrogen and oxygen atoms in total. The Balaban J connectivity index is 0.925. The van der Waals surface area contributed by atoms with E-state index >= 15 is 0 Å². The van der Waals surface area contributed by atoms with Crippen molar-refractivity contribution in [1.29, 1.82) is 0 Å². The Hall–Kier alpha value is -8.67. The van der Waals surface area contributed by atoms with Crippen LogP contribution in [-0.2, 0) is 18.3 Å². The summed E-state index contributed by atoms with van der Waals surface area (Å²) in [6, 6.07) is 72.2. The van der Waals surface area contributed by atoms with Gasteiger partial charge in [0.2, 0.25) is 0 Å². The minimum absolute atomic E-state index is 0.157. The van der Waals surface area contributed by atoms with Crippen LogP contribution in [0.3, 0.4) is 0 Å². The van der Waals surface area contributed by atoms with Crippen molar-refractivity contribution in [3.8, 4) is 56.7 Å². The van der Waals surface area contributed by atoms with Gasteiger partial charge in [-0.3, -0.25) is 0 Å². The number of rotatable bonds is 7. The zero-order valence-corrected chi connectivity index (χ0v) is 39.7. The van der Waals surface area contributed by atoms with E-state index in [-0.39, 0.29) is 11.3 Å². The zero-order chi connectivity index (χ0) is 47.2. The molecular formula is C66H49N5. The van der Waals surface area contributed by atoms with E-state index in [1.807, 2.05) is 36.4 Å². The van der Waals surface area contributed by atoms with Gasteiger partial charge in [-0.1, -0.05) is 178 Å². The third-order valence-electron chi connectivity index (χ3n) is 15.5. The maximum absolute atomic E-state index is 5.14. The minimum Gasteiger partial charge on any atom is -0.310 e. The van der Waals surface area contributed by atoms with E-state index in [1.165, 1.54) is 83.4 Å². The highest BCUT2D eigenvalue weighted by atomic mass is 15.0. The second-order valence-electron chi connectivity index (χ2n) is 19.9. The summed E-state index contributed by atoms with van der Waals surface area (Å²) in [6.07, 6.45) is 11.6. The summed E-state index contributed by atoms with van der Waals surface area (Å²) in [6.45, 7) is 4.74. The molecule has 0 bridgehead atoms. The van der Waals surface area contributed by atoms with Gasteiger partial charge in [0, 0.05) is 67.5 Å². The van der Waals surface area contributed by atoms with E-state index < -0.39 is 0 Å². The van der Waals surface area contributed by atoms with Gasteiger partial charge in [0.05, 0.1) is 11.0 Å². The van der Waals surface area contributed by atoms with Crippen LogP contribution in [0.4, 0.5) is 0 Å². The van der Waals surface area contributed by atoms with Crippen molar-refractivity contribution >= 4 is 34.0 Å². The van der Waals surface area contributed by atoms with E-state index in [2.05, 4.69) is 211 Å². The number of aromatic nitrogens is 5. The molecule has 338 valence electrons. The van der Waals surface area contributed by atoms with Gasteiger partial charge in [-0.25, -0.2) is 15.0 Å². The van der Waals surface area contributed by atoms with Gasteiger partial charge in [-0.2, -0.15) is 0 Å². The van der Waals surface area contributed by atoms with Gasteiger partial charge in [0.15, 0.2) is 17.5 Å². The van der Waals surface area contributed by atoms with Crippen LogP contribution in [0, 0.1) is 0 Å². The van der Waals surface area contributed by atoms with Gasteiger partial charge < -0.3 is 9.13 Å². The lowest BCUT2D eigenvalue weighted by Crippen LogP contribution is -2.14. The molecule has 0 fully saturated rings. The summed E-state index contributed by atoms with van der Waals surface area (Å²) in [4.78, 5) is 15.3. The standard InChI is InChI=1S/C66H49N5/c1-66(2)57-29-16-15-28-51(57)52-40-56-55-39-47(46-31-34-60-54(38-46)53-37-45(42-18-7-3-8-19-42)30-33-59(53)70(60)49-25-13-6-14-26-49)32-35-61(55)71(62(56)41-58(52)66)50-27-17-24-48(36-50)65-68-63(43-20-9-4-10-21-43)67-64(69-65)44-22-11-5-12-23-44/h3-36,39-41,45-46H,37-38H2,1-2H3. The van der Waals surface area contributed by atoms with Crippen LogP contribution >= 0.6 is 0 Å². The number of benzene rings is 8. The van der Waals surface area contributed by atoms with E-state index in [9.17, 15) is 0 Å². The van der Waals surface area contributed by atoms with Crippen molar-refractivity contribution in [2.24, 2.45) is 0 Å². The van der Waals surface area contributed by atoms with Gasteiger partial charge in [0.25, 0.3) is 0 Å². The fourth-order valence-electron chi connectivity index (χ4n) is 12.0. The maximum atomic E-state index is 5.14. The number of nitrogens with zero attached hydrogens (tertiary/aromatic N) is 5. The number of allylic oxidation sites excluding steroid dienone is 2. The predicted octanol–water partition coefficient (Wildman–Crippen LogP) is 15.8. The number of hydrogen-bond acceptors (Lipinski definition) is 3. The highest BCUT2D eigenvalue weighted by molar-refractivity contribution is 6.12. The molecule has 0 spiro atoms. The van der Waals surface area contributed by atoms with Crippen LogP contribution < -0.4 is 0 Å². The van der Waals surface area contributed by atoms with E-state index in [4.69, 9.17) is 15.0 Å². The average molecular weight is 912 g/mol. The summed E-state index contributed by atoms with van der Waals surface area (Å²) < 4.78 is 4.96. The fourth-order valence-corrected chi connectivity index (χ4v) is 12.0. The highest BCUT2D eigenvalue weighted by Crippen LogP contribution is 2.51. The van der Waals surface area contributed by atoms with Crippen molar-refractivity contribution in [3.63, 3.8) is 0 Å². The average Bonchev–Trinajstić information content (AvgIpc) is 4.03. The summed E-state index contributed by atoms with van der Waals surface area (Å²) in [5.74, 6) is 2.48. The molecule has 0 saturated carbocycles. The molecule has 3 aliphatic carbocycles. The van der Waals surface area contributed by atoms with Crippen LogP contribution in [0.2, 0.25) is 0 Å². The number of para-hydroxylation sites is 1. The molecule has 5 heteroatoms. The summed E-state index contributed by atoms with van der Waals surface area (Å²) >= 11 is 0. The topological polar surface area (TPSA) is 48.5 Å². The molecule has 0 N–H and O–H groups in total. The molecule has 0 aliphatic heterocycles. The largest absolute Gasteiger partial charge is 0.310 e. The van der Waals surface area contributed by atoms with Crippen LogP contribution in [0.1, 0.15) is 70.5 Å². The molecule has 8 aromatic carbocycles. The molecule has 3 aromatic heterocycles. The first-order valence-electron chi connectivity index (χ1n) is 24.9. The Morgan fingerprint density at radius 2 is 0.944 bits per heavy atom. The second kappa shape index (κ2) is 16.2. The second-order valence-corrected chi connectivity index (χ2v) is 19.9. The van der Waals surface area contributed by atoms with Gasteiger partial charge in [-0.15, -0.1) is 0 Å². The summed E-state index contributed by atoms with van der Waals surface area (Å²) in [5, 5.41) is 2.50. The van der Waals surface area contributed by atoms with Gasteiger partial charge in [0.1, 0.15) is 0 Å². The monoisotopic (exact) mass is 911 g/mol. The van der Waals surface area contributed by atoms with Gasteiger partial charge >= 0.3 is 0 Å². The Morgan fingerprint density at radius 1 is 0.408 bits per heavy atom. The predicted molar refractivity (Wildman–Crippen MR) is 291 cm³/mol. The summed E-state index contributed by atoms with van der Waals surface area (Å²) in [5.41, 5.74) is 20.9. The SMILES string of the molecule is CC1(C)c2ccccc2-c2cc3c4cc(C5C=Cc6c(c7c(n6-c6ccccc6)C=CC(c6ccccc6)C7)C5)ccc4n(-c4cccc(-c5nc(-c6ccccc6)nc(-c6ccccc6)n5)c4)c3cc21. The first-order valence-corrected chi connectivity index (χ1v) is 24.9. The lowest BCUT2D eigenvalue weighted by molar-refractivity contribution is 0.661. The molecule has 0 saturated heterocycles. The zero-order valence-electron chi connectivity index (χ0n) is 39.7. The first kappa shape index (κ1) is 41.3. The molecule has 2 atom stereocenters. The van der Waals surface area contributed by atoms with Crippen LogP contribution in [0.5, 0.6) is 0 Å². The number of fused-ring (bicyclic) bond motifs is 9. The Morgan fingerprint density at radius 3 is 1.61 bits per heavy atom. The minimum atomic E-state index is -0.157. The van der Waals surface area contributed by atoms with Crippen LogP contribution in [-0.4, -0.2) is 24.1 Å². The molecule has 14 rings (SSSR count). The van der Waals surface area contributed by atoms with E-state index in [0.717, 1.165) is 35.2 Å². The quantitative estimate of drug-likeness (QED) is 0.160. The third-order valence-corrected chi connectivity index (χ3v) is 15.5. The highest BCUT2D eigenvalue weighted by Gasteiger charge is 2.37. The molecule has 3 aliphatic rings. The molecule has 0 radical (unpaired) electrons. The lowest BCUT2D eigenvalue weighted by atomic mass is 9.81. The van der Waals surface area contributed by atoms with E-state index in [1.54, 1.807) is 0 Å². The maximum Gasteiger partial charge on any atom is 0.164 e.